The number of hydrogen-bond acceptors (Lipinski definition) is 21. The molecule has 2 bridgehead atoms. The topological polar surface area (TPSA) is 324 Å². The van der Waals surface area contributed by atoms with E-state index in [0.29, 0.717) is 11.4 Å². The van der Waals surface area contributed by atoms with E-state index in [4.69, 9.17) is 48.5 Å². The smallest absolute Gasteiger partial charge is 0.432 e. The number of nitrogens with zero attached hydrogens (tertiary/aromatic N) is 6. The molecule has 0 amide bonds. The monoisotopic (exact) mass is 840 g/mol. The maximum atomic E-state index is 16.4. The van der Waals surface area contributed by atoms with Crippen LogP contribution in [-0.4, -0.2) is 112 Å². The highest BCUT2D eigenvalue weighted by Crippen LogP contribution is 2.64. The molecule has 7 heterocycles. The first-order valence-corrected chi connectivity index (χ1v) is 21.5. The number of thiol groups is 1. The van der Waals surface area contributed by atoms with Gasteiger partial charge in [-0.3, -0.25) is 46.8 Å². The largest absolute Gasteiger partial charge is 0.509 e. The van der Waals surface area contributed by atoms with Gasteiger partial charge in [0.05, 0.1) is 32.0 Å². The van der Waals surface area contributed by atoms with Crippen LogP contribution in [0.4, 0.5) is 21.1 Å². The number of alkyl halides is 1. The van der Waals surface area contributed by atoms with Gasteiger partial charge in [-0.05, 0) is 13.8 Å². The third kappa shape index (κ3) is 7.62. The number of H-pyrrole nitrogens is 2. The summed E-state index contributed by atoms with van der Waals surface area (Å²) in [5.41, 5.74) is 9.35. The number of aromatic nitrogens is 8. The van der Waals surface area contributed by atoms with E-state index in [2.05, 4.69) is 42.2 Å². The Morgan fingerprint density at radius 1 is 1.00 bits per heavy atom. The molecule has 0 spiro atoms. The summed E-state index contributed by atoms with van der Waals surface area (Å²) in [5, 5.41) is 11.4. The molecular formula is C25H31FN10O14P2S2. The number of carbonyl (C=O) groups excluding carboxylic acids is 1. The molecule has 10 unspecified atom stereocenters. The summed E-state index contributed by atoms with van der Waals surface area (Å²) in [5.74, 6) is -1.28. The van der Waals surface area contributed by atoms with Gasteiger partial charge in [-0.15, -0.1) is 0 Å². The zero-order valence-corrected chi connectivity index (χ0v) is 31.2. The van der Waals surface area contributed by atoms with E-state index < -0.39 is 105 Å². The van der Waals surface area contributed by atoms with E-state index in [9.17, 15) is 28.6 Å². The number of nitrogen functional groups attached to an aromatic ring is 2. The fourth-order valence-electron chi connectivity index (χ4n) is 5.76. The molecule has 29 heteroatoms. The second-order valence-corrected chi connectivity index (χ2v) is 18.9. The number of anilines is 2. The number of aromatic amines is 2. The van der Waals surface area contributed by atoms with Gasteiger partial charge in [0, 0.05) is 11.4 Å². The lowest BCUT2D eigenvalue weighted by Gasteiger charge is -2.27. The minimum atomic E-state index is -4.69. The van der Waals surface area contributed by atoms with E-state index in [1.807, 2.05) is 0 Å². The number of nitrogens with one attached hydrogen (secondary N) is 2. The lowest BCUT2D eigenvalue weighted by molar-refractivity contribution is -0.0568. The van der Waals surface area contributed by atoms with Gasteiger partial charge in [-0.25, -0.2) is 28.3 Å². The van der Waals surface area contributed by atoms with Crippen molar-refractivity contribution < 1.29 is 60.5 Å². The number of ether oxygens (including phenoxy) is 4. The fourth-order valence-corrected chi connectivity index (χ4v) is 10.0. The summed E-state index contributed by atoms with van der Waals surface area (Å²) < 4.78 is 91.3. The SMILES string of the molecule is CC(C)OC(=O)OCSP1(=O)OCC2OC(n3cnc4c(=O)[nH]c(N)nc43)C(F)C2OP(=O)(S)OCC2OC(n3cnc4c(=O)[nH]c(N)nc43)C(O1)C2O. The van der Waals surface area contributed by atoms with E-state index in [-0.39, 0.29) is 34.2 Å². The van der Waals surface area contributed by atoms with Crippen molar-refractivity contribution in [3.8, 4) is 0 Å². The second kappa shape index (κ2) is 14.8. The zero-order valence-electron chi connectivity index (χ0n) is 27.7. The van der Waals surface area contributed by atoms with Crippen LogP contribution in [0, 0.1) is 0 Å². The molecular weight excluding hydrogens is 809 g/mol. The van der Waals surface area contributed by atoms with Crippen LogP contribution in [0.5, 0.6) is 0 Å². The normalized spacial score (nSPS) is 33.3. The number of carbonyl (C=O) groups is 1. The summed E-state index contributed by atoms with van der Waals surface area (Å²) >= 11 is 4.34. The van der Waals surface area contributed by atoms with Crippen LogP contribution in [0.15, 0.2) is 22.2 Å². The highest BCUT2D eigenvalue weighted by molar-refractivity contribution is 8.55. The minimum absolute atomic E-state index is 0.122. The highest BCUT2D eigenvalue weighted by atomic mass is 32.7. The fraction of sp³-hybridized carbons (Fsp3) is 0.560. The average molecular weight is 841 g/mol. The third-order valence-electron chi connectivity index (χ3n) is 8.05. The number of hydrogen-bond donors (Lipinski definition) is 6. The molecule has 10 atom stereocenters. The Morgan fingerprint density at radius 3 is 2.19 bits per heavy atom. The molecule has 3 saturated heterocycles. The summed E-state index contributed by atoms with van der Waals surface area (Å²) in [6.07, 6.45) is -13.0. The van der Waals surface area contributed by atoms with Crippen LogP contribution in [0.2, 0.25) is 0 Å². The second-order valence-electron chi connectivity index (χ2n) is 12.1. The molecule has 24 nitrogen and oxygen atoms in total. The van der Waals surface area contributed by atoms with Crippen LogP contribution in [0.3, 0.4) is 0 Å². The first-order valence-electron chi connectivity index (χ1n) is 15.7. The minimum Gasteiger partial charge on any atom is -0.432 e. The number of rotatable bonds is 6. The lowest BCUT2D eigenvalue weighted by Crippen LogP contribution is -2.35. The molecule has 0 aliphatic carbocycles. The Morgan fingerprint density at radius 2 is 1.57 bits per heavy atom. The molecule has 3 aliphatic rings. The van der Waals surface area contributed by atoms with Crippen LogP contribution in [-0.2, 0) is 46.2 Å². The Labute approximate surface area is 309 Å². The third-order valence-corrected chi connectivity index (χ3v) is 13.0. The van der Waals surface area contributed by atoms with Gasteiger partial charge < -0.3 is 35.5 Å². The quantitative estimate of drug-likeness (QED) is 0.0686. The predicted molar refractivity (Wildman–Crippen MR) is 185 cm³/mol. The van der Waals surface area contributed by atoms with Crippen LogP contribution in [0.25, 0.3) is 22.3 Å². The zero-order chi connectivity index (χ0) is 38.7. The van der Waals surface area contributed by atoms with Crippen LogP contribution < -0.4 is 22.6 Å². The number of fused-ring (bicyclic) bond motifs is 5. The summed E-state index contributed by atoms with van der Waals surface area (Å²) in [4.78, 5) is 57.7. The van der Waals surface area contributed by atoms with Crippen LogP contribution >= 0.6 is 37.2 Å². The number of nitrogens with two attached hydrogens (primary N) is 2. The van der Waals surface area contributed by atoms with Gasteiger partial charge in [0.15, 0.2) is 46.9 Å². The van der Waals surface area contributed by atoms with Crippen molar-refractivity contribution >= 4 is 77.6 Å². The molecule has 0 radical (unpaired) electrons. The number of aliphatic hydroxyl groups excluding tert-OH is 1. The Balaban J connectivity index is 1.24. The molecule has 4 aromatic heterocycles. The van der Waals surface area contributed by atoms with Gasteiger partial charge in [-0.2, -0.15) is 9.97 Å². The standard InChI is InChI=1S/C25H31FN10O14P2S2/c1-8(2)46-25(40)43-7-54-52(42)45-4-10-15(11(26)21(48-10)35-5-29-12-17(35)31-23(27)33-19(12)38)49-51(41,53)44-3-9-14(37)16(50-52)22(47-9)36-6-30-13-18(36)32-24(28)34-20(13)39/h5-6,8-11,14-16,21-22,37H,3-4,7H2,1-2H3,(H,41,53)(H3,27,31,33,38)(H3,28,32,34,39). The van der Waals surface area contributed by atoms with Crippen molar-refractivity contribution in [1.82, 2.24) is 39.0 Å². The lowest BCUT2D eigenvalue weighted by atomic mass is 10.1. The van der Waals surface area contributed by atoms with Crippen molar-refractivity contribution in [2.45, 2.75) is 69.1 Å². The van der Waals surface area contributed by atoms with E-state index >= 15 is 4.39 Å². The number of imidazole rings is 2. The molecule has 7 rings (SSSR count). The van der Waals surface area contributed by atoms with Gasteiger partial charge in [0.2, 0.25) is 11.9 Å². The highest BCUT2D eigenvalue weighted by Gasteiger charge is 2.54. The summed E-state index contributed by atoms with van der Waals surface area (Å²) in [6.45, 7) is -7.65. The maximum absolute atomic E-state index is 16.4. The van der Waals surface area contributed by atoms with Crippen LogP contribution in [0.1, 0.15) is 26.3 Å². The van der Waals surface area contributed by atoms with Gasteiger partial charge >= 0.3 is 19.8 Å². The van der Waals surface area contributed by atoms with Gasteiger partial charge in [0.25, 0.3) is 11.1 Å². The van der Waals surface area contributed by atoms with E-state index in [0.717, 1.165) is 17.2 Å². The molecule has 54 heavy (non-hydrogen) atoms. The Kier molecular flexibility index (Phi) is 10.6. The number of halogens is 1. The summed E-state index contributed by atoms with van der Waals surface area (Å²) in [7, 11) is 0. The van der Waals surface area contributed by atoms with Crippen molar-refractivity contribution in [3.63, 3.8) is 0 Å². The average Bonchev–Trinajstić information content (AvgIpc) is 3.84. The molecule has 0 saturated carbocycles. The Hall–Kier alpha value is -3.62. The van der Waals surface area contributed by atoms with Gasteiger partial charge in [-0.1, -0.05) is 12.2 Å². The van der Waals surface area contributed by atoms with Gasteiger partial charge in [0.1, 0.15) is 30.5 Å². The molecule has 7 N–H and O–H groups in total. The van der Waals surface area contributed by atoms with Crippen molar-refractivity contribution in [1.29, 1.82) is 0 Å². The van der Waals surface area contributed by atoms with Crippen molar-refractivity contribution in [2.24, 2.45) is 0 Å². The number of aliphatic hydroxyl groups is 1. The predicted octanol–water partition coefficient (Wildman–Crippen LogP) is 1.13. The summed E-state index contributed by atoms with van der Waals surface area (Å²) in [6, 6.07) is 0. The van der Waals surface area contributed by atoms with E-state index in [1.54, 1.807) is 13.8 Å². The molecule has 4 aromatic rings. The first-order chi connectivity index (χ1) is 25.5. The molecule has 3 aliphatic heterocycles. The molecule has 294 valence electrons. The Bertz CT molecular complexity index is 2290. The first kappa shape index (κ1) is 38.6. The van der Waals surface area contributed by atoms with E-state index in [1.165, 1.54) is 4.57 Å². The van der Waals surface area contributed by atoms with Crippen molar-refractivity contribution in [2.75, 3.05) is 30.6 Å². The van der Waals surface area contributed by atoms with Crippen molar-refractivity contribution in [3.05, 3.63) is 33.4 Å². The maximum Gasteiger partial charge on any atom is 0.509 e. The molecule has 0 aromatic carbocycles. The molecule has 3 fully saturated rings.